The molecule has 0 radical (unpaired) electrons. The van der Waals surface area contributed by atoms with Crippen LogP contribution in [0.5, 0.6) is 0 Å². The molecule has 21 heavy (non-hydrogen) atoms. The Morgan fingerprint density at radius 3 is 2.71 bits per heavy atom. The van der Waals surface area contributed by atoms with Gasteiger partial charge in [-0.2, -0.15) is 0 Å². The lowest BCUT2D eigenvalue weighted by Gasteiger charge is -2.28. The van der Waals surface area contributed by atoms with E-state index in [2.05, 4.69) is 5.32 Å². The second-order valence-electron chi connectivity index (χ2n) is 5.95. The second-order valence-corrected chi connectivity index (χ2v) is 5.95. The Bertz CT molecular complexity index is 356. The van der Waals surface area contributed by atoms with Gasteiger partial charge >= 0.3 is 5.97 Å². The summed E-state index contributed by atoms with van der Waals surface area (Å²) in [4.78, 5) is 24.8. The summed E-state index contributed by atoms with van der Waals surface area (Å²) in [7, 11) is 0. The Morgan fingerprint density at radius 2 is 2.00 bits per heavy atom. The van der Waals surface area contributed by atoms with Crippen molar-refractivity contribution in [3.05, 3.63) is 0 Å². The number of carboxylic acid groups (broad SMARTS) is 1. The van der Waals surface area contributed by atoms with Crippen LogP contribution in [0.15, 0.2) is 0 Å². The maximum atomic E-state index is 12.0. The predicted octanol–water partition coefficient (Wildman–Crippen LogP) is 0.858. The van der Waals surface area contributed by atoms with Gasteiger partial charge in [-0.25, -0.2) is 0 Å². The highest BCUT2D eigenvalue weighted by Crippen LogP contribution is 2.24. The van der Waals surface area contributed by atoms with Gasteiger partial charge in [0.15, 0.2) is 0 Å². The van der Waals surface area contributed by atoms with Crippen molar-refractivity contribution in [2.45, 2.75) is 44.6 Å². The van der Waals surface area contributed by atoms with Crippen molar-refractivity contribution >= 4 is 11.9 Å². The van der Waals surface area contributed by atoms with Crippen LogP contribution < -0.4 is 5.32 Å². The SMILES string of the molecule is O=C(O)C1CCCC(NCCCC(=O)N2CCOCC2)C1. The van der Waals surface area contributed by atoms with E-state index in [1.807, 2.05) is 4.90 Å². The van der Waals surface area contributed by atoms with Crippen LogP contribution in [0.25, 0.3) is 0 Å². The monoisotopic (exact) mass is 298 g/mol. The summed E-state index contributed by atoms with van der Waals surface area (Å²) >= 11 is 0. The molecule has 1 saturated heterocycles. The fourth-order valence-electron chi connectivity index (χ4n) is 3.12. The Hall–Kier alpha value is -1.14. The standard InChI is InChI=1S/C15H26N2O4/c18-14(17-7-9-21-10-8-17)5-2-6-16-13-4-1-3-12(11-13)15(19)20/h12-13,16H,1-11H2,(H,19,20). The fourth-order valence-corrected chi connectivity index (χ4v) is 3.12. The molecular weight excluding hydrogens is 272 g/mol. The molecule has 0 spiro atoms. The van der Waals surface area contributed by atoms with Gasteiger partial charge in [-0.15, -0.1) is 0 Å². The summed E-state index contributed by atoms with van der Waals surface area (Å²) in [5, 5.41) is 12.5. The van der Waals surface area contributed by atoms with E-state index >= 15 is 0 Å². The van der Waals surface area contributed by atoms with Gasteiger partial charge in [-0.3, -0.25) is 9.59 Å². The highest BCUT2D eigenvalue weighted by atomic mass is 16.5. The van der Waals surface area contributed by atoms with Gasteiger partial charge in [0.1, 0.15) is 0 Å². The minimum absolute atomic E-state index is 0.201. The van der Waals surface area contributed by atoms with Crippen LogP contribution in [-0.2, 0) is 14.3 Å². The molecule has 1 aliphatic heterocycles. The molecule has 0 aromatic rings. The maximum absolute atomic E-state index is 12.0. The van der Waals surface area contributed by atoms with Gasteiger partial charge in [0.25, 0.3) is 0 Å². The van der Waals surface area contributed by atoms with E-state index < -0.39 is 5.97 Å². The summed E-state index contributed by atoms with van der Waals surface area (Å²) < 4.78 is 5.23. The lowest BCUT2D eigenvalue weighted by atomic mass is 9.86. The topological polar surface area (TPSA) is 78.9 Å². The number of amides is 1. The Labute approximate surface area is 125 Å². The molecule has 6 nitrogen and oxygen atoms in total. The number of carbonyl (C=O) groups excluding carboxylic acids is 1. The Kier molecular flexibility index (Phi) is 6.45. The van der Waals surface area contributed by atoms with E-state index in [0.29, 0.717) is 45.2 Å². The van der Waals surface area contributed by atoms with E-state index in [0.717, 1.165) is 32.2 Å². The van der Waals surface area contributed by atoms with Crippen molar-refractivity contribution in [2.24, 2.45) is 5.92 Å². The third kappa shape index (κ3) is 5.28. The number of hydrogen-bond acceptors (Lipinski definition) is 4. The van der Waals surface area contributed by atoms with Crippen molar-refractivity contribution in [3.8, 4) is 0 Å². The number of carbonyl (C=O) groups is 2. The van der Waals surface area contributed by atoms with E-state index in [1.54, 1.807) is 0 Å². The molecule has 1 aliphatic carbocycles. The average molecular weight is 298 g/mol. The normalized spacial score (nSPS) is 26.6. The molecule has 120 valence electrons. The van der Waals surface area contributed by atoms with E-state index in [1.165, 1.54) is 0 Å². The average Bonchev–Trinajstić information content (AvgIpc) is 2.52. The van der Waals surface area contributed by atoms with E-state index in [9.17, 15) is 9.59 Å². The summed E-state index contributed by atoms with van der Waals surface area (Å²) in [5.41, 5.74) is 0. The van der Waals surface area contributed by atoms with Gasteiger partial charge in [-0.1, -0.05) is 6.42 Å². The number of morpholine rings is 1. The lowest BCUT2D eigenvalue weighted by molar-refractivity contribution is -0.143. The van der Waals surface area contributed by atoms with Crippen LogP contribution >= 0.6 is 0 Å². The molecule has 1 heterocycles. The number of hydrogen-bond donors (Lipinski definition) is 2. The number of ether oxygens (including phenoxy) is 1. The second kappa shape index (κ2) is 8.34. The molecule has 2 N–H and O–H groups in total. The summed E-state index contributed by atoms with van der Waals surface area (Å²) in [5.74, 6) is -0.678. The maximum Gasteiger partial charge on any atom is 0.306 e. The molecule has 2 rings (SSSR count). The zero-order valence-corrected chi connectivity index (χ0v) is 12.6. The zero-order valence-electron chi connectivity index (χ0n) is 12.6. The molecule has 1 saturated carbocycles. The predicted molar refractivity (Wildman–Crippen MR) is 78.0 cm³/mol. The lowest BCUT2D eigenvalue weighted by Crippen LogP contribution is -2.41. The molecule has 0 aromatic heterocycles. The summed E-state index contributed by atoms with van der Waals surface area (Å²) in [6, 6.07) is 0.290. The van der Waals surface area contributed by atoms with Gasteiger partial charge < -0.3 is 20.1 Å². The molecule has 6 heteroatoms. The molecule has 2 fully saturated rings. The molecule has 2 unspecified atom stereocenters. The first kappa shape index (κ1) is 16.2. The molecular formula is C15H26N2O4. The van der Waals surface area contributed by atoms with Crippen molar-refractivity contribution in [3.63, 3.8) is 0 Å². The number of rotatable bonds is 6. The Morgan fingerprint density at radius 1 is 1.24 bits per heavy atom. The smallest absolute Gasteiger partial charge is 0.306 e. The zero-order chi connectivity index (χ0) is 15.1. The van der Waals surface area contributed by atoms with Gasteiger partial charge in [0.2, 0.25) is 5.91 Å². The molecule has 2 atom stereocenters. The van der Waals surface area contributed by atoms with Crippen LogP contribution in [0.3, 0.4) is 0 Å². The highest BCUT2D eigenvalue weighted by Gasteiger charge is 2.26. The quantitative estimate of drug-likeness (QED) is 0.711. The number of nitrogens with zero attached hydrogens (tertiary/aromatic N) is 1. The van der Waals surface area contributed by atoms with Gasteiger partial charge in [0.05, 0.1) is 19.1 Å². The van der Waals surface area contributed by atoms with Crippen molar-refractivity contribution < 1.29 is 19.4 Å². The minimum Gasteiger partial charge on any atom is -0.481 e. The van der Waals surface area contributed by atoms with Crippen LogP contribution in [0, 0.1) is 5.92 Å². The van der Waals surface area contributed by atoms with Crippen molar-refractivity contribution in [2.75, 3.05) is 32.8 Å². The van der Waals surface area contributed by atoms with E-state index in [-0.39, 0.29) is 11.8 Å². The highest BCUT2D eigenvalue weighted by molar-refractivity contribution is 5.76. The van der Waals surface area contributed by atoms with Crippen LogP contribution in [-0.4, -0.2) is 60.8 Å². The van der Waals surface area contributed by atoms with E-state index in [4.69, 9.17) is 9.84 Å². The number of aliphatic carboxylic acids is 1. The van der Waals surface area contributed by atoms with Crippen LogP contribution in [0.2, 0.25) is 0 Å². The van der Waals surface area contributed by atoms with Crippen molar-refractivity contribution in [1.82, 2.24) is 10.2 Å². The summed E-state index contributed by atoms with van der Waals surface area (Å²) in [6.45, 7) is 3.47. The third-order valence-corrected chi connectivity index (χ3v) is 4.39. The fraction of sp³-hybridized carbons (Fsp3) is 0.867. The largest absolute Gasteiger partial charge is 0.481 e. The number of carboxylic acids is 1. The Balaban J connectivity index is 1.58. The van der Waals surface area contributed by atoms with Gasteiger partial charge in [-0.05, 0) is 32.2 Å². The minimum atomic E-state index is -0.677. The first-order chi connectivity index (χ1) is 10.2. The van der Waals surface area contributed by atoms with Crippen LogP contribution in [0.1, 0.15) is 38.5 Å². The molecule has 2 aliphatic rings. The molecule has 0 aromatic carbocycles. The third-order valence-electron chi connectivity index (χ3n) is 4.39. The van der Waals surface area contributed by atoms with Crippen molar-refractivity contribution in [1.29, 1.82) is 0 Å². The first-order valence-corrected chi connectivity index (χ1v) is 7.98. The van der Waals surface area contributed by atoms with Crippen LogP contribution in [0.4, 0.5) is 0 Å². The van der Waals surface area contributed by atoms with Gasteiger partial charge in [0, 0.05) is 25.6 Å². The molecule has 1 amide bonds. The first-order valence-electron chi connectivity index (χ1n) is 7.98. The summed E-state index contributed by atoms with van der Waals surface area (Å²) in [6.07, 6.45) is 4.89. The number of nitrogens with one attached hydrogen (secondary N) is 1. The molecule has 0 bridgehead atoms.